The third-order valence-corrected chi connectivity index (χ3v) is 0.715. The van der Waals surface area contributed by atoms with E-state index >= 15 is 0 Å². The van der Waals surface area contributed by atoms with Crippen molar-refractivity contribution in [1.82, 2.24) is 0 Å². The molecular formula is C4F7. The van der Waals surface area contributed by atoms with Gasteiger partial charge < -0.3 is 0 Å². The number of hydrogen-bond donors (Lipinski definition) is 0. The summed E-state index contributed by atoms with van der Waals surface area (Å²) in [6.07, 6.45) is -6.54. The summed E-state index contributed by atoms with van der Waals surface area (Å²) in [5.74, 6) is -9.06. The Morgan fingerprint density at radius 1 is 1.00 bits per heavy atom. The molecule has 0 aliphatic rings. The molecule has 0 aliphatic heterocycles. The average Bonchev–Trinajstić information content (AvgIpc) is 1.83. The minimum absolute atomic E-state index is 0.408. The van der Waals surface area contributed by atoms with Crippen molar-refractivity contribution in [3.05, 3.63) is 12.2 Å². The zero-order valence-electron chi connectivity index (χ0n) is 4.65. The van der Waals surface area contributed by atoms with Crippen molar-refractivity contribution >= 4 is 0 Å². The van der Waals surface area contributed by atoms with Gasteiger partial charge in [0.15, 0.2) is 6.33 Å². The standard InChI is InChI=1S/C4F7/c5-1-2(6)3(7,8)4(9,10)11. The third-order valence-electron chi connectivity index (χ3n) is 0.715. The summed E-state index contributed by atoms with van der Waals surface area (Å²) in [6, 6.07) is 0. The van der Waals surface area contributed by atoms with E-state index in [2.05, 4.69) is 0 Å². The molecule has 0 saturated carbocycles. The van der Waals surface area contributed by atoms with Gasteiger partial charge in [-0.2, -0.15) is 22.0 Å². The molecule has 0 aromatic heterocycles. The van der Waals surface area contributed by atoms with Crippen LogP contribution in [-0.2, 0) is 0 Å². The molecule has 1 radical (unpaired) electrons. The zero-order valence-corrected chi connectivity index (χ0v) is 4.65. The van der Waals surface area contributed by atoms with Crippen molar-refractivity contribution in [3.8, 4) is 0 Å². The molecular weight excluding hydrogens is 181 g/mol. The van der Waals surface area contributed by atoms with Crippen molar-refractivity contribution in [2.75, 3.05) is 0 Å². The van der Waals surface area contributed by atoms with Crippen LogP contribution in [0.4, 0.5) is 30.7 Å². The Hall–Kier alpha value is -0.750. The van der Waals surface area contributed by atoms with Crippen molar-refractivity contribution in [3.63, 3.8) is 0 Å². The van der Waals surface area contributed by atoms with Crippen LogP contribution in [0.2, 0.25) is 0 Å². The molecule has 0 bridgehead atoms. The molecule has 0 saturated heterocycles. The van der Waals surface area contributed by atoms with Crippen LogP contribution in [0.5, 0.6) is 0 Å². The Labute approximate surface area is 56.3 Å². The van der Waals surface area contributed by atoms with Crippen molar-refractivity contribution in [2.45, 2.75) is 12.1 Å². The van der Waals surface area contributed by atoms with E-state index in [9.17, 15) is 30.7 Å². The lowest BCUT2D eigenvalue weighted by Gasteiger charge is -2.15. The molecule has 65 valence electrons. The number of halogens is 7. The third kappa shape index (κ3) is 1.84. The van der Waals surface area contributed by atoms with Gasteiger partial charge in [-0.05, 0) is 0 Å². The molecule has 0 aliphatic carbocycles. The molecule has 11 heavy (non-hydrogen) atoms. The molecule has 7 heteroatoms. The largest absolute Gasteiger partial charge is 0.460 e. The molecule has 0 unspecified atom stereocenters. The smallest absolute Gasteiger partial charge is 0.201 e. The predicted molar refractivity (Wildman–Crippen MR) is 20.0 cm³/mol. The average molecular weight is 181 g/mol. The number of allylic oxidation sites excluding steroid dienone is 1. The SMILES string of the molecule is F/[C]=C(/F)C(F)(F)C(F)(F)F. The second kappa shape index (κ2) is 2.71. The first-order chi connectivity index (χ1) is 4.73. The van der Waals surface area contributed by atoms with Gasteiger partial charge in [0, 0.05) is 0 Å². The monoisotopic (exact) mass is 181 g/mol. The second-order valence-electron chi connectivity index (χ2n) is 1.48. The summed E-state index contributed by atoms with van der Waals surface area (Å²) in [5.41, 5.74) is 0. The van der Waals surface area contributed by atoms with Crippen molar-refractivity contribution in [1.29, 1.82) is 0 Å². The molecule has 0 heterocycles. The van der Waals surface area contributed by atoms with E-state index in [0.29, 0.717) is 0 Å². The highest BCUT2D eigenvalue weighted by molar-refractivity contribution is 5.01. The molecule has 0 aromatic rings. The van der Waals surface area contributed by atoms with Crippen LogP contribution >= 0.6 is 0 Å². The van der Waals surface area contributed by atoms with Gasteiger partial charge in [0.2, 0.25) is 5.83 Å². The van der Waals surface area contributed by atoms with Crippen LogP contribution in [0.15, 0.2) is 5.83 Å². The summed E-state index contributed by atoms with van der Waals surface area (Å²) in [6.45, 7) is 0. The molecule has 0 amide bonds. The summed E-state index contributed by atoms with van der Waals surface area (Å²) >= 11 is 0. The summed E-state index contributed by atoms with van der Waals surface area (Å²) in [4.78, 5) is 0. The van der Waals surface area contributed by atoms with Gasteiger partial charge in [0.05, 0.1) is 0 Å². The first-order valence-electron chi connectivity index (χ1n) is 2.07. The Balaban J connectivity index is 4.74. The summed E-state index contributed by atoms with van der Waals surface area (Å²) in [5, 5.41) is 0. The quantitative estimate of drug-likeness (QED) is 0.545. The molecule has 0 atom stereocenters. The van der Waals surface area contributed by atoms with Crippen molar-refractivity contribution in [2.24, 2.45) is 0 Å². The highest BCUT2D eigenvalue weighted by Crippen LogP contribution is 2.41. The molecule has 0 rings (SSSR count). The van der Waals surface area contributed by atoms with Gasteiger partial charge in [-0.25, -0.2) is 8.78 Å². The highest BCUT2D eigenvalue weighted by Gasteiger charge is 2.61. The maximum atomic E-state index is 11.5. The van der Waals surface area contributed by atoms with E-state index in [1.165, 1.54) is 0 Å². The van der Waals surface area contributed by atoms with Crippen LogP contribution in [-0.4, -0.2) is 12.1 Å². The van der Waals surface area contributed by atoms with Crippen LogP contribution in [0, 0.1) is 6.33 Å². The first kappa shape index (κ1) is 10.2. The Morgan fingerprint density at radius 2 is 1.36 bits per heavy atom. The fraction of sp³-hybridized carbons (Fsp3) is 0.500. The fourth-order valence-electron chi connectivity index (χ4n) is 0.184. The number of alkyl halides is 5. The van der Waals surface area contributed by atoms with Gasteiger partial charge >= 0.3 is 12.1 Å². The molecule has 0 aromatic carbocycles. The maximum absolute atomic E-state index is 11.5. The normalized spacial score (nSPS) is 15.4. The Kier molecular flexibility index (Phi) is 2.52. The Morgan fingerprint density at radius 3 is 1.45 bits per heavy atom. The van der Waals surface area contributed by atoms with Gasteiger partial charge in [0.1, 0.15) is 0 Å². The van der Waals surface area contributed by atoms with E-state index in [0.717, 1.165) is 0 Å². The van der Waals surface area contributed by atoms with Gasteiger partial charge in [-0.3, -0.25) is 0 Å². The second-order valence-corrected chi connectivity index (χ2v) is 1.48. The summed E-state index contributed by atoms with van der Waals surface area (Å²) in [7, 11) is 0. The van der Waals surface area contributed by atoms with Crippen LogP contribution in [0.25, 0.3) is 0 Å². The van der Waals surface area contributed by atoms with E-state index in [4.69, 9.17) is 0 Å². The molecule has 0 spiro atoms. The van der Waals surface area contributed by atoms with Crippen LogP contribution in [0.3, 0.4) is 0 Å². The van der Waals surface area contributed by atoms with E-state index in [1.807, 2.05) is 0 Å². The van der Waals surface area contributed by atoms with Gasteiger partial charge in [-0.1, -0.05) is 0 Å². The van der Waals surface area contributed by atoms with Gasteiger partial charge in [0.25, 0.3) is 0 Å². The lowest BCUT2D eigenvalue weighted by molar-refractivity contribution is -0.271. The van der Waals surface area contributed by atoms with E-state index < -0.39 is 24.3 Å². The predicted octanol–water partition coefficient (Wildman–Crippen LogP) is 2.77. The highest BCUT2D eigenvalue weighted by atomic mass is 19.4. The molecule has 0 nitrogen and oxygen atoms in total. The van der Waals surface area contributed by atoms with Crippen LogP contribution in [0.1, 0.15) is 0 Å². The van der Waals surface area contributed by atoms with Crippen molar-refractivity contribution < 1.29 is 30.7 Å². The lowest BCUT2D eigenvalue weighted by Crippen LogP contribution is -2.36. The number of hydrogen-bond acceptors (Lipinski definition) is 0. The first-order valence-corrected chi connectivity index (χ1v) is 2.07. The van der Waals surface area contributed by atoms with Gasteiger partial charge in [-0.15, -0.1) is 0 Å². The lowest BCUT2D eigenvalue weighted by atomic mass is 10.3. The number of rotatable bonds is 1. The zero-order chi connectivity index (χ0) is 9.28. The topological polar surface area (TPSA) is 0 Å². The summed E-state index contributed by atoms with van der Waals surface area (Å²) < 4.78 is 78.3. The minimum Gasteiger partial charge on any atom is -0.201 e. The Bertz CT molecular complexity index is 164. The molecule has 0 fully saturated rings. The van der Waals surface area contributed by atoms with Crippen LogP contribution < -0.4 is 0 Å². The maximum Gasteiger partial charge on any atom is 0.460 e. The fourth-order valence-corrected chi connectivity index (χ4v) is 0.184. The minimum atomic E-state index is -6.13. The van der Waals surface area contributed by atoms with E-state index in [1.54, 1.807) is 0 Å². The molecule has 0 N–H and O–H groups in total. The van der Waals surface area contributed by atoms with E-state index in [-0.39, 0.29) is 0 Å².